The second-order valence-electron chi connectivity index (χ2n) is 30.6. The van der Waals surface area contributed by atoms with Gasteiger partial charge in [-0.3, -0.25) is 0 Å². The van der Waals surface area contributed by atoms with Gasteiger partial charge in [0.05, 0.1) is 61.2 Å². The van der Waals surface area contributed by atoms with Gasteiger partial charge < -0.3 is 18.3 Å². The first kappa shape index (κ1) is 66.4. The highest BCUT2D eigenvalue weighted by Crippen LogP contribution is 2.46. The van der Waals surface area contributed by atoms with Crippen LogP contribution < -0.4 is 0 Å². The van der Waals surface area contributed by atoms with E-state index < -0.39 is 0 Å². The van der Waals surface area contributed by atoms with Gasteiger partial charge >= 0.3 is 0 Å². The van der Waals surface area contributed by atoms with Crippen molar-refractivity contribution in [1.29, 1.82) is 0 Å². The third-order valence-electron chi connectivity index (χ3n) is 24.2. The molecular formula is C112H72N4. The van der Waals surface area contributed by atoms with Gasteiger partial charge in [-0.25, -0.2) is 0 Å². The Labute approximate surface area is 670 Å². The molecule has 0 amide bonds. The molecule has 4 nitrogen and oxygen atoms in total. The van der Waals surface area contributed by atoms with E-state index in [-0.39, 0.29) is 0 Å². The summed E-state index contributed by atoms with van der Waals surface area (Å²) in [6.45, 7) is 0. The first-order chi connectivity index (χ1) is 57.5. The van der Waals surface area contributed by atoms with E-state index in [4.69, 9.17) is 0 Å². The van der Waals surface area contributed by atoms with Crippen molar-refractivity contribution in [3.05, 3.63) is 437 Å². The van der Waals surface area contributed by atoms with Crippen molar-refractivity contribution in [2.45, 2.75) is 0 Å². The highest BCUT2D eigenvalue weighted by molar-refractivity contribution is 6.19. The Morgan fingerprint density at radius 3 is 0.828 bits per heavy atom. The molecule has 0 atom stereocenters. The van der Waals surface area contributed by atoms with E-state index in [0.29, 0.717) is 0 Å². The molecule has 0 aliphatic carbocycles. The van der Waals surface area contributed by atoms with Crippen LogP contribution in [0.4, 0.5) is 0 Å². The van der Waals surface area contributed by atoms with Gasteiger partial charge in [0.15, 0.2) is 0 Å². The Balaban J connectivity index is 0.000000137. The zero-order valence-corrected chi connectivity index (χ0v) is 63.4. The van der Waals surface area contributed by atoms with Crippen LogP contribution in [0.25, 0.3) is 220 Å². The Bertz CT molecular complexity index is 8050. The summed E-state index contributed by atoms with van der Waals surface area (Å²) in [5.74, 6) is 0. The maximum atomic E-state index is 2.46. The number of rotatable bonds is 10. The van der Waals surface area contributed by atoms with Gasteiger partial charge in [0.2, 0.25) is 0 Å². The number of fused-ring (bicyclic) bond motifs is 18. The van der Waals surface area contributed by atoms with Crippen molar-refractivity contribution in [2.75, 3.05) is 0 Å². The van der Waals surface area contributed by atoms with Gasteiger partial charge in [0.25, 0.3) is 0 Å². The lowest BCUT2D eigenvalue weighted by Crippen LogP contribution is -1.97. The van der Waals surface area contributed by atoms with E-state index in [9.17, 15) is 0 Å². The van der Waals surface area contributed by atoms with Gasteiger partial charge in [-0.05, 0) is 203 Å². The summed E-state index contributed by atoms with van der Waals surface area (Å²) in [7, 11) is 0. The van der Waals surface area contributed by atoms with E-state index in [0.717, 1.165) is 5.69 Å². The molecule has 20 aromatic carbocycles. The van der Waals surface area contributed by atoms with E-state index >= 15 is 0 Å². The minimum absolute atomic E-state index is 1.15. The topological polar surface area (TPSA) is 19.7 Å². The van der Waals surface area contributed by atoms with Crippen LogP contribution in [-0.2, 0) is 0 Å². The predicted octanol–water partition coefficient (Wildman–Crippen LogP) is 30.4. The first-order valence-electron chi connectivity index (χ1n) is 40.0. The third-order valence-corrected chi connectivity index (χ3v) is 24.2. The molecule has 0 fully saturated rings. The van der Waals surface area contributed by atoms with E-state index in [1.807, 2.05) is 0 Å². The van der Waals surface area contributed by atoms with E-state index in [1.165, 1.54) is 214 Å². The van der Waals surface area contributed by atoms with E-state index in [2.05, 4.69) is 455 Å². The molecule has 540 valence electrons. The van der Waals surface area contributed by atoms with Crippen molar-refractivity contribution < 1.29 is 0 Å². The van der Waals surface area contributed by atoms with Crippen molar-refractivity contribution >= 4 is 130 Å². The number of benzene rings is 20. The van der Waals surface area contributed by atoms with Gasteiger partial charge in [-0.15, -0.1) is 0 Å². The lowest BCUT2D eigenvalue weighted by atomic mass is 9.99. The molecule has 116 heavy (non-hydrogen) atoms. The molecule has 24 rings (SSSR count). The van der Waals surface area contributed by atoms with Gasteiger partial charge in [0, 0.05) is 65.1 Å². The molecule has 0 bridgehead atoms. The standard InChI is InChI=1S/2C56H36N2/c1-2-14-37(15-3-1)38-26-28-39(29-27-38)44-18-8-11-23-51(44)57-52-24-12-9-21-47(52)49-34-40(30-32-54(49)57)41-31-33-55-50(35-41)48-22-10-13-25-53(48)58(55)56-36-42-16-4-5-17-43(42)45-19-6-7-20-46(45)56;1-2-13-37(14-3-1)39-16-12-17-40(33-39)38-25-29-44(30-26-38)57-52-23-10-8-21-48(52)50-34-41(27-31-54(50)57)42-28-32-55-51(35-42)49-22-9-11-24-53(49)58(55)56-36-43-15-4-5-18-45(43)46-19-6-7-20-47(46)56/h2*1-36H. The number of para-hydroxylation sites is 5. The molecule has 0 spiro atoms. The summed E-state index contributed by atoms with van der Waals surface area (Å²) in [6.07, 6.45) is 0. The summed E-state index contributed by atoms with van der Waals surface area (Å²) in [4.78, 5) is 0. The minimum Gasteiger partial charge on any atom is -0.309 e. The van der Waals surface area contributed by atoms with Crippen molar-refractivity contribution in [1.82, 2.24) is 18.3 Å². The van der Waals surface area contributed by atoms with Crippen molar-refractivity contribution in [3.63, 3.8) is 0 Å². The molecule has 4 aromatic heterocycles. The normalized spacial score (nSPS) is 11.8. The van der Waals surface area contributed by atoms with Crippen LogP contribution in [0.3, 0.4) is 0 Å². The molecule has 0 radical (unpaired) electrons. The third kappa shape index (κ3) is 10.9. The van der Waals surface area contributed by atoms with Crippen LogP contribution in [0.15, 0.2) is 437 Å². The van der Waals surface area contributed by atoms with Crippen LogP contribution in [0, 0.1) is 0 Å². The van der Waals surface area contributed by atoms with Crippen molar-refractivity contribution in [3.8, 4) is 89.5 Å². The summed E-state index contributed by atoms with van der Waals surface area (Å²) >= 11 is 0. The molecule has 24 aromatic rings. The highest BCUT2D eigenvalue weighted by atomic mass is 15.0. The zero-order valence-electron chi connectivity index (χ0n) is 63.4. The van der Waals surface area contributed by atoms with Crippen LogP contribution in [0.1, 0.15) is 0 Å². The highest BCUT2D eigenvalue weighted by Gasteiger charge is 2.23. The van der Waals surface area contributed by atoms with Crippen LogP contribution >= 0.6 is 0 Å². The van der Waals surface area contributed by atoms with Crippen LogP contribution in [0.5, 0.6) is 0 Å². The number of nitrogens with zero attached hydrogens (tertiary/aromatic N) is 4. The van der Waals surface area contributed by atoms with Crippen molar-refractivity contribution in [2.24, 2.45) is 0 Å². The molecule has 4 heteroatoms. The molecule has 0 aliphatic heterocycles. The predicted molar refractivity (Wildman–Crippen MR) is 493 cm³/mol. The molecule has 0 saturated heterocycles. The number of hydrogen-bond donors (Lipinski definition) is 0. The Hall–Kier alpha value is -15.4. The van der Waals surface area contributed by atoms with Crippen LogP contribution in [-0.4, -0.2) is 18.3 Å². The average Bonchev–Trinajstić information content (AvgIpc) is 1.58. The van der Waals surface area contributed by atoms with Gasteiger partial charge in [-0.2, -0.15) is 0 Å². The SMILES string of the molecule is c1ccc(-c2ccc(-c3ccccc3-n3c4ccccc4c4cc(-c5ccc6c(c5)c5ccccc5n6-c5cc6ccccc6c6ccccc56)ccc43)cc2)cc1.c1ccc(-c2cccc(-c3ccc(-n4c5ccccc5c5cc(-c6ccc7c(c6)c6ccccc6n7-c6cc7ccccc7c7ccccc67)ccc54)cc3)c2)cc1. The van der Waals surface area contributed by atoms with Gasteiger partial charge in [0.1, 0.15) is 0 Å². The minimum atomic E-state index is 1.15. The Morgan fingerprint density at radius 2 is 0.388 bits per heavy atom. The fourth-order valence-electron chi connectivity index (χ4n) is 18.8. The average molecular weight is 1470 g/mol. The maximum Gasteiger partial charge on any atom is 0.0546 e. The smallest absolute Gasteiger partial charge is 0.0546 e. The largest absolute Gasteiger partial charge is 0.309 e. The number of hydrogen-bond acceptors (Lipinski definition) is 0. The zero-order chi connectivity index (χ0) is 76.3. The molecule has 4 heterocycles. The fraction of sp³-hybridized carbons (Fsp3) is 0. The Kier molecular flexibility index (Phi) is 15.6. The second-order valence-corrected chi connectivity index (χ2v) is 30.6. The number of aromatic nitrogens is 4. The summed E-state index contributed by atoms with van der Waals surface area (Å²) in [5, 5.41) is 20.1. The summed E-state index contributed by atoms with van der Waals surface area (Å²) < 4.78 is 9.78. The second kappa shape index (κ2) is 27.2. The lowest BCUT2D eigenvalue weighted by Gasteiger charge is -2.15. The summed E-state index contributed by atoms with van der Waals surface area (Å²) in [5.41, 5.74) is 28.9. The fourth-order valence-corrected chi connectivity index (χ4v) is 18.8. The lowest BCUT2D eigenvalue weighted by molar-refractivity contribution is 1.18. The van der Waals surface area contributed by atoms with Gasteiger partial charge in [-0.1, -0.05) is 328 Å². The van der Waals surface area contributed by atoms with E-state index in [1.54, 1.807) is 0 Å². The quantitative estimate of drug-likeness (QED) is 0.122. The molecule has 0 saturated carbocycles. The molecule has 0 aliphatic rings. The first-order valence-corrected chi connectivity index (χ1v) is 40.0. The van der Waals surface area contributed by atoms with Crippen LogP contribution in [0.2, 0.25) is 0 Å². The molecule has 0 N–H and O–H groups in total. The molecular weight excluding hydrogens is 1400 g/mol. The monoisotopic (exact) mass is 1470 g/mol. The molecule has 0 unspecified atom stereocenters. The maximum absolute atomic E-state index is 2.46. The Morgan fingerprint density at radius 1 is 0.121 bits per heavy atom. The summed E-state index contributed by atoms with van der Waals surface area (Å²) in [6, 6.07) is 160.